The van der Waals surface area contributed by atoms with Crippen molar-refractivity contribution in [2.75, 3.05) is 0 Å². The van der Waals surface area contributed by atoms with Crippen LogP contribution in [0.4, 0.5) is 0 Å². The number of allylic oxidation sites excluding steroid dienone is 1. The molecule has 0 aliphatic rings. The topological polar surface area (TPSA) is 133 Å². The standard InChI is InChI=1S/C24H26N6O5/c1-4-10-28-22(33)18-9-8-16(21(32)26-15(3)5-2)12-19(18)30-23(28)27-29(24(30)34)14-20(31)25-13-17-7-6-11-35-17/h4,6-9,11-12,15H,1,5,10,13-14H2,2-3H3,(H,25,31)(H,26,32). The molecule has 2 N–H and O–H groups in total. The summed E-state index contributed by atoms with van der Waals surface area (Å²) in [5.74, 6) is -0.162. The highest BCUT2D eigenvalue weighted by Gasteiger charge is 2.20. The average Bonchev–Trinajstić information content (AvgIpc) is 3.48. The third-order valence-electron chi connectivity index (χ3n) is 5.67. The Morgan fingerprint density at radius 2 is 2.06 bits per heavy atom. The van der Waals surface area contributed by atoms with E-state index >= 15 is 0 Å². The number of furan rings is 1. The van der Waals surface area contributed by atoms with E-state index in [1.54, 1.807) is 18.2 Å². The number of hydrogen-bond donors (Lipinski definition) is 2. The summed E-state index contributed by atoms with van der Waals surface area (Å²) in [6.07, 6.45) is 3.76. The van der Waals surface area contributed by atoms with Crippen molar-refractivity contribution in [1.82, 2.24) is 29.4 Å². The van der Waals surface area contributed by atoms with E-state index in [-0.39, 0.29) is 53.8 Å². The van der Waals surface area contributed by atoms with Gasteiger partial charge in [-0.05, 0) is 43.7 Å². The second kappa shape index (κ2) is 9.84. The van der Waals surface area contributed by atoms with Crippen molar-refractivity contribution in [3.8, 4) is 0 Å². The maximum atomic E-state index is 13.3. The van der Waals surface area contributed by atoms with Crippen LogP contribution in [0.5, 0.6) is 0 Å². The van der Waals surface area contributed by atoms with Gasteiger partial charge in [-0.2, -0.15) is 0 Å². The minimum atomic E-state index is -0.615. The van der Waals surface area contributed by atoms with E-state index in [4.69, 9.17) is 4.42 Å². The molecule has 35 heavy (non-hydrogen) atoms. The lowest BCUT2D eigenvalue weighted by molar-refractivity contribution is -0.122. The number of aromatic nitrogens is 4. The van der Waals surface area contributed by atoms with Gasteiger partial charge in [0.15, 0.2) is 0 Å². The van der Waals surface area contributed by atoms with Crippen molar-refractivity contribution in [1.29, 1.82) is 0 Å². The molecule has 1 atom stereocenters. The Kier molecular flexibility index (Phi) is 6.67. The van der Waals surface area contributed by atoms with Gasteiger partial charge in [0.2, 0.25) is 11.7 Å². The number of carbonyl (C=O) groups is 2. The van der Waals surface area contributed by atoms with Gasteiger partial charge in [-0.3, -0.25) is 19.0 Å². The summed E-state index contributed by atoms with van der Waals surface area (Å²) in [7, 11) is 0. The zero-order valence-corrected chi connectivity index (χ0v) is 19.5. The number of carbonyl (C=O) groups excluding carboxylic acids is 2. The normalized spacial score (nSPS) is 12.1. The molecule has 11 heteroatoms. The molecule has 1 unspecified atom stereocenters. The fourth-order valence-corrected chi connectivity index (χ4v) is 3.65. The van der Waals surface area contributed by atoms with E-state index in [0.717, 1.165) is 11.1 Å². The van der Waals surface area contributed by atoms with Crippen LogP contribution in [0.15, 0.2) is 63.3 Å². The molecule has 3 heterocycles. The Hall–Kier alpha value is -4.41. The van der Waals surface area contributed by atoms with Gasteiger partial charge in [-0.25, -0.2) is 13.9 Å². The fourth-order valence-electron chi connectivity index (χ4n) is 3.65. The van der Waals surface area contributed by atoms with Gasteiger partial charge in [-0.1, -0.05) is 13.0 Å². The number of nitrogens with zero attached hydrogens (tertiary/aromatic N) is 4. The molecule has 0 bridgehead atoms. The Morgan fingerprint density at radius 1 is 1.26 bits per heavy atom. The molecule has 4 aromatic rings. The van der Waals surface area contributed by atoms with Crippen LogP contribution in [0.2, 0.25) is 0 Å². The summed E-state index contributed by atoms with van der Waals surface area (Å²) in [5, 5.41) is 10.0. The molecule has 0 fully saturated rings. The van der Waals surface area contributed by atoms with Gasteiger partial charge in [-0.15, -0.1) is 11.7 Å². The second-order valence-corrected chi connectivity index (χ2v) is 8.15. The van der Waals surface area contributed by atoms with Crippen LogP contribution in [0.3, 0.4) is 0 Å². The highest BCUT2D eigenvalue weighted by molar-refractivity contribution is 5.98. The Bertz CT molecular complexity index is 1530. The van der Waals surface area contributed by atoms with E-state index in [1.807, 2.05) is 13.8 Å². The predicted molar refractivity (Wildman–Crippen MR) is 129 cm³/mol. The van der Waals surface area contributed by atoms with Gasteiger partial charge < -0.3 is 15.1 Å². The smallest absolute Gasteiger partial charge is 0.352 e. The lowest BCUT2D eigenvalue weighted by Crippen LogP contribution is -2.33. The van der Waals surface area contributed by atoms with E-state index in [0.29, 0.717) is 11.3 Å². The minimum absolute atomic E-state index is 0.0380. The minimum Gasteiger partial charge on any atom is -0.467 e. The van der Waals surface area contributed by atoms with E-state index in [1.165, 1.54) is 33.4 Å². The molecule has 0 spiro atoms. The molecule has 3 aromatic heterocycles. The summed E-state index contributed by atoms with van der Waals surface area (Å²) < 4.78 is 8.71. The quantitative estimate of drug-likeness (QED) is 0.350. The molecule has 0 aliphatic heterocycles. The molecular weight excluding hydrogens is 452 g/mol. The molecular formula is C24H26N6O5. The van der Waals surface area contributed by atoms with Crippen molar-refractivity contribution >= 4 is 28.5 Å². The molecule has 4 rings (SSSR count). The first-order valence-electron chi connectivity index (χ1n) is 11.2. The van der Waals surface area contributed by atoms with Crippen LogP contribution >= 0.6 is 0 Å². The molecule has 11 nitrogen and oxygen atoms in total. The van der Waals surface area contributed by atoms with Crippen molar-refractivity contribution in [3.05, 3.63) is 81.4 Å². The third-order valence-corrected chi connectivity index (χ3v) is 5.67. The van der Waals surface area contributed by atoms with Crippen LogP contribution < -0.4 is 21.9 Å². The zero-order chi connectivity index (χ0) is 25.1. The van der Waals surface area contributed by atoms with Crippen molar-refractivity contribution in [2.24, 2.45) is 0 Å². The molecule has 2 amide bonds. The first kappa shape index (κ1) is 23.7. The first-order chi connectivity index (χ1) is 16.8. The molecule has 1 aromatic carbocycles. The maximum absolute atomic E-state index is 13.3. The third kappa shape index (κ3) is 4.65. The SMILES string of the molecule is C=CCn1c(=O)c2ccc(C(=O)NC(C)CC)cc2n2c(=O)n(CC(=O)NCc3ccco3)nc12. The number of rotatable bonds is 9. The van der Waals surface area contributed by atoms with Crippen LogP contribution in [-0.2, 0) is 24.4 Å². The molecule has 0 radical (unpaired) electrons. The van der Waals surface area contributed by atoms with E-state index in [9.17, 15) is 19.2 Å². The molecule has 182 valence electrons. The highest BCUT2D eigenvalue weighted by atomic mass is 16.3. The summed E-state index contributed by atoms with van der Waals surface area (Å²) in [6.45, 7) is 7.42. The van der Waals surface area contributed by atoms with Crippen LogP contribution in [-0.4, -0.2) is 36.6 Å². The second-order valence-electron chi connectivity index (χ2n) is 8.15. The summed E-state index contributed by atoms with van der Waals surface area (Å²) in [4.78, 5) is 51.6. The van der Waals surface area contributed by atoms with Crippen LogP contribution in [0.25, 0.3) is 16.7 Å². The Morgan fingerprint density at radius 3 is 2.74 bits per heavy atom. The summed E-state index contributed by atoms with van der Waals surface area (Å²) in [5.41, 5.74) is -0.471. The van der Waals surface area contributed by atoms with Gasteiger partial charge in [0.05, 0.1) is 23.7 Å². The number of benzene rings is 1. The molecule has 0 aliphatic carbocycles. The van der Waals surface area contributed by atoms with Gasteiger partial charge >= 0.3 is 5.69 Å². The number of nitrogens with one attached hydrogen (secondary N) is 2. The zero-order valence-electron chi connectivity index (χ0n) is 19.5. The maximum Gasteiger partial charge on any atom is 0.352 e. The highest BCUT2D eigenvalue weighted by Crippen LogP contribution is 2.15. The van der Waals surface area contributed by atoms with Gasteiger partial charge in [0.1, 0.15) is 12.3 Å². The monoisotopic (exact) mass is 478 g/mol. The largest absolute Gasteiger partial charge is 0.467 e. The van der Waals surface area contributed by atoms with Crippen LogP contribution in [0.1, 0.15) is 36.4 Å². The average molecular weight is 479 g/mol. The van der Waals surface area contributed by atoms with E-state index in [2.05, 4.69) is 22.3 Å². The number of amides is 2. The van der Waals surface area contributed by atoms with Crippen LogP contribution in [0, 0.1) is 0 Å². The summed E-state index contributed by atoms with van der Waals surface area (Å²) in [6, 6.07) is 7.93. The summed E-state index contributed by atoms with van der Waals surface area (Å²) >= 11 is 0. The van der Waals surface area contributed by atoms with Gasteiger partial charge in [0.25, 0.3) is 11.5 Å². The van der Waals surface area contributed by atoms with Crippen molar-refractivity contribution in [3.63, 3.8) is 0 Å². The lowest BCUT2D eigenvalue weighted by atomic mass is 10.1. The molecule has 0 saturated carbocycles. The number of hydrogen-bond acceptors (Lipinski definition) is 6. The van der Waals surface area contributed by atoms with Gasteiger partial charge in [0, 0.05) is 18.2 Å². The first-order valence-corrected chi connectivity index (χ1v) is 11.2. The van der Waals surface area contributed by atoms with E-state index < -0.39 is 11.6 Å². The van der Waals surface area contributed by atoms with Crippen molar-refractivity contribution < 1.29 is 14.0 Å². The Balaban J connectivity index is 1.79. The fraction of sp³-hybridized carbons (Fsp3) is 0.292. The lowest BCUT2D eigenvalue weighted by Gasteiger charge is -2.12. The predicted octanol–water partition coefficient (Wildman–Crippen LogP) is 1.43. The molecule has 0 saturated heterocycles. The van der Waals surface area contributed by atoms with Crippen molar-refractivity contribution in [2.45, 2.75) is 45.9 Å². The number of fused-ring (bicyclic) bond motifs is 3. The Labute approximate surface area is 199 Å².